The van der Waals surface area contributed by atoms with Crippen molar-refractivity contribution in [3.05, 3.63) is 65.7 Å². The Kier molecular flexibility index (Phi) is 8.65. The number of nitrogens with two attached hydrogens (primary N) is 1. The van der Waals surface area contributed by atoms with Gasteiger partial charge in [0.25, 0.3) is 0 Å². The molecule has 4 N–H and O–H groups in total. The first-order chi connectivity index (χ1) is 10.7. The molecule has 4 nitrogen and oxygen atoms in total. The van der Waals surface area contributed by atoms with Gasteiger partial charge in [-0.15, -0.1) is 24.0 Å². The van der Waals surface area contributed by atoms with E-state index in [1.165, 1.54) is 5.56 Å². The maximum absolute atomic E-state index is 9.51. The van der Waals surface area contributed by atoms with Crippen LogP contribution in [-0.4, -0.2) is 24.2 Å². The molecule has 2 aromatic rings. The van der Waals surface area contributed by atoms with E-state index in [0.717, 1.165) is 17.7 Å². The van der Waals surface area contributed by atoms with Crippen molar-refractivity contribution in [2.45, 2.75) is 19.3 Å². The summed E-state index contributed by atoms with van der Waals surface area (Å²) in [4.78, 5) is 4.33. The van der Waals surface area contributed by atoms with E-state index in [0.29, 0.717) is 12.5 Å². The van der Waals surface area contributed by atoms with E-state index >= 15 is 0 Å². The van der Waals surface area contributed by atoms with Gasteiger partial charge in [0, 0.05) is 11.6 Å². The number of halogens is 1. The Labute approximate surface area is 154 Å². The molecule has 0 fully saturated rings. The fourth-order valence-electron chi connectivity index (χ4n) is 2.21. The van der Waals surface area contributed by atoms with Crippen LogP contribution < -0.4 is 11.1 Å². The van der Waals surface area contributed by atoms with Crippen LogP contribution in [-0.2, 0) is 6.42 Å². The van der Waals surface area contributed by atoms with Crippen molar-refractivity contribution >= 4 is 35.6 Å². The fraction of sp³-hybridized carbons (Fsp3) is 0.278. The molecule has 1 unspecified atom stereocenters. The Morgan fingerprint density at radius 2 is 1.78 bits per heavy atom. The van der Waals surface area contributed by atoms with Crippen molar-refractivity contribution in [3.8, 4) is 0 Å². The molecule has 0 bridgehead atoms. The summed E-state index contributed by atoms with van der Waals surface area (Å²) in [5.74, 6) is 0.322. The highest BCUT2D eigenvalue weighted by atomic mass is 127. The molecule has 0 aliphatic carbocycles. The number of aryl methyl sites for hydroxylation is 1. The maximum atomic E-state index is 9.51. The van der Waals surface area contributed by atoms with E-state index in [1.54, 1.807) is 0 Å². The van der Waals surface area contributed by atoms with Crippen molar-refractivity contribution in [1.82, 2.24) is 0 Å². The van der Waals surface area contributed by atoms with E-state index in [-0.39, 0.29) is 36.5 Å². The van der Waals surface area contributed by atoms with Crippen LogP contribution in [0.2, 0.25) is 0 Å². The number of nitrogens with one attached hydrogen (secondary N) is 1. The third kappa shape index (κ3) is 6.19. The predicted molar refractivity (Wildman–Crippen MR) is 108 cm³/mol. The second-order valence-electron chi connectivity index (χ2n) is 5.19. The minimum atomic E-state index is -0.0379. The summed E-state index contributed by atoms with van der Waals surface area (Å²) in [6, 6.07) is 18.0. The molecule has 2 aromatic carbocycles. The lowest BCUT2D eigenvalue weighted by atomic mass is 10.0. The van der Waals surface area contributed by atoms with Gasteiger partial charge < -0.3 is 16.2 Å². The minimum absolute atomic E-state index is 0. The Morgan fingerprint density at radius 3 is 2.35 bits per heavy atom. The first kappa shape index (κ1) is 19.4. The molecule has 0 saturated carbocycles. The number of aliphatic hydroxyl groups excluding tert-OH is 1. The molecule has 0 heterocycles. The molecule has 124 valence electrons. The van der Waals surface area contributed by atoms with Crippen LogP contribution in [0.3, 0.4) is 0 Å². The van der Waals surface area contributed by atoms with Gasteiger partial charge in [0.05, 0.1) is 13.2 Å². The first-order valence-corrected chi connectivity index (χ1v) is 7.54. The van der Waals surface area contributed by atoms with E-state index in [9.17, 15) is 5.11 Å². The van der Waals surface area contributed by atoms with Crippen LogP contribution >= 0.6 is 24.0 Å². The Morgan fingerprint density at radius 1 is 1.13 bits per heavy atom. The number of aliphatic hydroxyl groups is 1. The van der Waals surface area contributed by atoms with Crippen LogP contribution in [0.4, 0.5) is 5.69 Å². The second kappa shape index (κ2) is 10.2. The molecule has 5 heteroatoms. The van der Waals surface area contributed by atoms with Gasteiger partial charge in [-0.2, -0.15) is 0 Å². The van der Waals surface area contributed by atoms with Crippen molar-refractivity contribution in [1.29, 1.82) is 0 Å². The highest BCUT2D eigenvalue weighted by Gasteiger charge is 2.09. The highest BCUT2D eigenvalue weighted by molar-refractivity contribution is 14.0. The SMILES string of the molecule is CCc1ccc(NC(N)=NCC(CO)c2ccccc2)cc1.I. The number of anilines is 1. The normalized spacial score (nSPS) is 12.3. The number of rotatable bonds is 6. The molecule has 0 spiro atoms. The van der Waals surface area contributed by atoms with Gasteiger partial charge in [-0.1, -0.05) is 49.4 Å². The summed E-state index contributed by atoms with van der Waals surface area (Å²) in [6.45, 7) is 2.62. The monoisotopic (exact) mass is 425 g/mol. The molecule has 0 aliphatic heterocycles. The average Bonchev–Trinajstić information content (AvgIpc) is 2.57. The molecule has 23 heavy (non-hydrogen) atoms. The van der Waals surface area contributed by atoms with E-state index < -0.39 is 0 Å². The smallest absolute Gasteiger partial charge is 0.193 e. The largest absolute Gasteiger partial charge is 0.396 e. The average molecular weight is 425 g/mol. The molecule has 0 aromatic heterocycles. The van der Waals surface area contributed by atoms with Crippen molar-refractivity contribution in [3.63, 3.8) is 0 Å². The highest BCUT2D eigenvalue weighted by Crippen LogP contribution is 2.15. The summed E-state index contributed by atoms with van der Waals surface area (Å²) in [6.07, 6.45) is 1.01. The Bertz CT molecular complexity index is 599. The van der Waals surface area contributed by atoms with E-state index in [4.69, 9.17) is 5.73 Å². The summed E-state index contributed by atoms with van der Waals surface area (Å²) in [7, 11) is 0. The first-order valence-electron chi connectivity index (χ1n) is 7.54. The zero-order valence-corrected chi connectivity index (χ0v) is 15.6. The quantitative estimate of drug-likeness (QED) is 0.378. The third-order valence-electron chi connectivity index (χ3n) is 3.61. The number of aliphatic imine (C=N–C) groups is 1. The summed E-state index contributed by atoms with van der Waals surface area (Å²) in [5.41, 5.74) is 9.18. The Balaban J connectivity index is 0.00000264. The van der Waals surface area contributed by atoms with Crippen LogP contribution in [0.15, 0.2) is 59.6 Å². The fourth-order valence-corrected chi connectivity index (χ4v) is 2.21. The number of guanidine groups is 1. The lowest BCUT2D eigenvalue weighted by molar-refractivity contribution is 0.268. The predicted octanol–water partition coefficient (Wildman–Crippen LogP) is 3.37. The lowest BCUT2D eigenvalue weighted by Gasteiger charge is -2.13. The van der Waals surface area contributed by atoms with Crippen molar-refractivity contribution < 1.29 is 5.11 Å². The zero-order chi connectivity index (χ0) is 15.8. The van der Waals surface area contributed by atoms with Gasteiger partial charge >= 0.3 is 0 Å². The van der Waals surface area contributed by atoms with Gasteiger partial charge in [-0.3, -0.25) is 4.99 Å². The van der Waals surface area contributed by atoms with Crippen molar-refractivity contribution in [2.24, 2.45) is 10.7 Å². The number of nitrogens with zero attached hydrogens (tertiary/aromatic N) is 1. The minimum Gasteiger partial charge on any atom is -0.396 e. The number of hydrogen-bond donors (Lipinski definition) is 3. The van der Waals surface area contributed by atoms with Crippen LogP contribution in [0.1, 0.15) is 24.0 Å². The number of benzene rings is 2. The van der Waals surface area contributed by atoms with Gasteiger partial charge in [-0.05, 0) is 29.7 Å². The van der Waals surface area contributed by atoms with Gasteiger partial charge in [0.1, 0.15) is 0 Å². The van der Waals surface area contributed by atoms with E-state index in [2.05, 4.69) is 29.4 Å². The molecule has 1 atom stereocenters. The molecule has 0 saturated heterocycles. The summed E-state index contributed by atoms with van der Waals surface area (Å²) in [5, 5.41) is 12.6. The van der Waals surface area contributed by atoms with Gasteiger partial charge in [0.15, 0.2) is 5.96 Å². The molecule has 0 amide bonds. The van der Waals surface area contributed by atoms with Gasteiger partial charge in [-0.25, -0.2) is 0 Å². The van der Waals surface area contributed by atoms with Crippen LogP contribution in [0.5, 0.6) is 0 Å². The Hall–Kier alpha value is -1.60. The topological polar surface area (TPSA) is 70.6 Å². The molecule has 0 aliphatic rings. The molecular formula is C18H24IN3O. The molecule has 2 rings (SSSR count). The zero-order valence-electron chi connectivity index (χ0n) is 13.3. The van der Waals surface area contributed by atoms with Crippen LogP contribution in [0, 0.1) is 0 Å². The number of hydrogen-bond acceptors (Lipinski definition) is 2. The van der Waals surface area contributed by atoms with Crippen molar-refractivity contribution in [2.75, 3.05) is 18.5 Å². The summed E-state index contributed by atoms with van der Waals surface area (Å²) < 4.78 is 0. The van der Waals surface area contributed by atoms with Crippen LogP contribution in [0.25, 0.3) is 0 Å². The summed E-state index contributed by atoms with van der Waals surface area (Å²) >= 11 is 0. The maximum Gasteiger partial charge on any atom is 0.193 e. The van der Waals surface area contributed by atoms with Gasteiger partial charge in [0.2, 0.25) is 0 Å². The third-order valence-corrected chi connectivity index (χ3v) is 3.61. The van der Waals surface area contributed by atoms with E-state index in [1.807, 2.05) is 42.5 Å². The molecule has 0 radical (unpaired) electrons. The standard InChI is InChI=1S/C18H23N3O.HI/c1-2-14-8-10-17(11-9-14)21-18(19)20-12-16(13-22)15-6-4-3-5-7-15;/h3-11,16,22H,2,12-13H2,1H3,(H3,19,20,21);1H. The lowest BCUT2D eigenvalue weighted by Crippen LogP contribution is -2.24. The molecular weight excluding hydrogens is 401 g/mol. The second-order valence-corrected chi connectivity index (χ2v) is 5.19.